The van der Waals surface area contributed by atoms with Gasteiger partial charge in [0, 0.05) is 22.8 Å². The lowest BCUT2D eigenvalue weighted by molar-refractivity contribution is -0.121. The first kappa shape index (κ1) is 18.5. The Labute approximate surface area is 159 Å². The minimum absolute atomic E-state index is 0.0794. The molecule has 0 fully saturated rings. The third-order valence-corrected chi connectivity index (χ3v) is 5.16. The highest BCUT2D eigenvalue weighted by molar-refractivity contribution is 6.31. The van der Waals surface area contributed by atoms with Gasteiger partial charge in [0.05, 0.1) is 0 Å². The summed E-state index contributed by atoms with van der Waals surface area (Å²) in [7, 11) is 0. The van der Waals surface area contributed by atoms with Crippen LogP contribution in [0.4, 0.5) is 5.69 Å². The monoisotopic (exact) mass is 370 g/mol. The summed E-state index contributed by atoms with van der Waals surface area (Å²) in [6.07, 6.45) is 0.602. The molecule has 0 spiro atoms. The number of fused-ring (bicyclic) bond motifs is 1. The van der Waals surface area contributed by atoms with E-state index in [1.54, 1.807) is 17.0 Å². The third-order valence-electron chi connectivity index (χ3n) is 4.75. The highest BCUT2D eigenvalue weighted by Crippen LogP contribution is 2.28. The first-order chi connectivity index (χ1) is 12.4. The fourth-order valence-electron chi connectivity index (χ4n) is 3.31. The summed E-state index contributed by atoms with van der Waals surface area (Å²) < 4.78 is 0. The Morgan fingerprint density at radius 1 is 1.19 bits per heavy atom. The molecular formula is C21H23ClN2O2. The normalized spacial score (nSPS) is 14.5. The number of amides is 2. The van der Waals surface area contributed by atoms with Gasteiger partial charge in [0.15, 0.2) is 0 Å². The van der Waals surface area contributed by atoms with Gasteiger partial charge in [0.2, 0.25) is 5.91 Å². The van der Waals surface area contributed by atoms with Crippen LogP contribution in [0.2, 0.25) is 5.02 Å². The maximum atomic E-state index is 13.0. The Hall–Kier alpha value is -2.33. The van der Waals surface area contributed by atoms with Gasteiger partial charge in [-0.2, -0.15) is 0 Å². The van der Waals surface area contributed by atoms with E-state index in [0.717, 1.165) is 11.1 Å². The number of anilines is 1. The molecule has 0 bridgehead atoms. The van der Waals surface area contributed by atoms with Crippen LogP contribution in [0.5, 0.6) is 0 Å². The van der Waals surface area contributed by atoms with E-state index in [9.17, 15) is 9.59 Å². The van der Waals surface area contributed by atoms with Crippen LogP contribution in [0.3, 0.4) is 0 Å². The molecule has 1 heterocycles. The van der Waals surface area contributed by atoms with Crippen molar-refractivity contribution in [1.82, 2.24) is 4.90 Å². The van der Waals surface area contributed by atoms with Gasteiger partial charge in [-0.1, -0.05) is 49.7 Å². The van der Waals surface area contributed by atoms with Crippen molar-refractivity contribution in [2.45, 2.75) is 39.8 Å². The van der Waals surface area contributed by atoms with Crippen molar-refractivity contribution in [3.8, 4) is 0 Å². The number of nitrogens with zero attached hydrogens (tertiary/aromatic N) is 1. The molecule has 4 nitrogen and oxygen atoms in total. The number of halogens is 1. The average molecular weight is 371 g/mol. The van der Waals surface area contributed by atoms with E-state index >= 15 is 0 Å². The molecule has 1 atom stereocenters. The SMILES string of the molecule is Cc1c(Cl)cccc1NC(=O)C(CC(C)C)N1Cc2ccccc2C1=O. The highest BCUT2D eigenvalue weighted by Gasteiger charge is 2.36. The molecular weight excluding hydrogens is 348 g/mol. The second-order valence-electron chi connectivity index (χ2n) is 7.14. The van der Waals surface area contributed by atoms with Crippen molar-refractivity contribution in [2.75, 3.05) is 5.32 Å². The standard InChI is InChI=1S/C21H23ClN2O2/c1-13(2)11-19(20(25)23-18-10-6-9-17(22)14(18)3)24-12-15-7-4-5-8-16(15)21(24)26/h4-10,13,19H,11-12H2,1-3H3,(H,23,25). The van der Waals surface area contributed by atoms with E-state index in [1.807, 2.05) is 37.3 Å². The fraction of sp³-hybridized carbons (Fsp3) is 0.333. The third kappa shape index (κ3) is 3.61. The topological polar surface area (TPSA) is 49.4 Å². The molecule has 0 radical (unpaired) electrons. The minimum Gasteiger partial charge on any atom is -0.324 e. The van der Waals surface area contributed by atoms with Gasteiger partial charge >= 0.3 is 0 Å². The van der Waals surface area contributed by atoms with E-state index in [-0.39, 0.29) is 17.7 Å². The quantitative estimate of drug-likeness (QED) is 0.832. The largest absolute Gasteiger partial charge is 0.324 e. The van der Waals surface area contributed by atoms with E-state index in [4.69, 9.17) is 11.6 Å². The summed E-state index contributed by atoms with van der Waals surface area (Å²) in [5.74, 6) is 0.0251. The minimum atomic E-state index is -0.520. The van der Waals surface area contributed by atoms with Gasteiger partial charge in [-0.05, 0) is 48.6 Å². The molecule has 0 aliphatic carbocycles. The molecule has 1 aliphatic heterocycles. The van der Waals surface area contributed by atoms with Crippen LogP contribution in [-0.4, -0.2) is 22.8 Å². The summed E-state index contributed by atoms with van der Waals surface area (Å²) >= 11 is 6.16. The zero-order valence-corrected chi connectivity index (χ0v) is 16.0. The summed E-state index contributed by atoms with van der Waals surface area (Å²) in [4.78, 5) is 27.6. The first-order valence-corrected chi connectivity index (χ1v) is 9.21. The Balaban J connectivity index is 1.86. The van der Waals surface area contributed by atoms with Crippen molar-refractivity contribution in [3.63, 3.8) is 0 Å². The summed E-state index contributed by atoms with van der Waals surface area (Å²) in [5, 5.41) is 3.57. The van der Waals surface area contributed by atoms with Crippen LogP contribution in [0.25, 0.3) is 0 Å². The maximum Gasteiger partial charge on any atom is 0.255 e. The second-order valence-corrected chi connectivity index (χ2v) is 7.54. The molecule has 1 unspecified atom stereocenters. The molecule has 3 rings (SSSR count). The lowest BCUT2D eigenvalue weighted by Gasteiger charge is -2.28. The molecule has 0 aromatic heterocycles. The van der Waals surface area contributed by atoms with Crippen LogP contribution in [-0.2, 0) is 11.3 Å². The molecule has 136 valence electrons. The first-order valence-electron chi connectivity index (χ1n) is 8.83. The lowest BCUT2D eigenvalue weighted by Crippen LogP contribution is -2.45. The maximum absolute atomic E-state index is 13.0. The van der Waals surface area contributed by atoms with Crippen molar-refractivity contribution >= 4 is 29.1 Å². The number of benzene rings is 2. The number of nitrogens with one attached hydrogen (secondary N) is 1. The van der Waals surface area contributed by atoms with Crippen molar-refractivity contribution in [2.24, 2.45) is 5.92 Å². The zero-order chi connectivity index (χ0) is 18.8. The molecule has 2 aromatic rings. The number of hydrogen-bond acceptors (Lipinski definition) is 2. The van der Waals surface area contributed by atoms with Gasteiger partial charge < -0.3 is 10.2 Å². The zero-order valence-electron chi connectivity index (χ0n) is 15.3. The van der Waals surface area contributed by atoms with Crippen LogP contribution < -0.4 is 5.32 Å². The molecule has 1 N–H and O–H groups in total. The summed E-state index contributed by atoms with van der Waals surface area (Å²) in [5.41, 5.74) is 3.16. The Morgan fingerprint density at radius 3 is 2.62 bits per heavy atom. The number of carbonyl (C=O) groups excluding carboxylic acids is 2. The molecule has 0 saturated heterocycles. The van der Waals surface area contributed by atoms with E-state index < -0.39 is 6.04 Å². The predicted molar refractivity (Wildman–Crippen MR) is 104 cm³/mol. The van der Waals surface area contributed by atoms with Crippen LogP contribution in [0.1, 0.15) is 41.8 Å². The predicted octanol–water partition coefficient (Wildman–Crippen LogP) is 4.66. The smallest absolute Gasteiger partial charge is 0.255 e. The van der Waals surface area contributed by atoms with E-state index in [1.165, 1.54) is 0 Å². The molecule has 0 saturated carbocycles. The molecule has 2 aromatic carbocycles. The second kappa shape index (κ2) is 7.50. The lowest BCUT2D eigenvalue weighted by atomic mass is 10.0. The number of rotatable bonds is 5. The van der Waals surface area contributed by atoms with E-state index in [2.05, 4.69) is 19.2 Å². The summed E-state index contributed by atoms with van der Waals surface area (Å²) in [6, 6.07) is 12.4. The number of hydrogen-bond donors (Lipinski definition) is 1. The van der Waals surface area contributed by atoms with Gasteiger partial charge in [0.25, 0.3) is 5.91 Å². The molecule has 1 aliphatic rings. The van der Waals surface area contributed by atoms with Crippen LogP contribution >= 0.6 is 11.6 Å². The Morgan fingerprint density at radius 2 is 1.92 bits per heavy atom. The van der Waals surface area contributed by atoms with Gasteiger partial charge in [0.1, 0.15) is 6.04 Å². The van der Waals surface area contributed by atoms with Crippen molar-refractivity contribution in [3.05, 3.63) is 64.2 Å². The van der Waals surface area contributed by atoms with Crippen molar-refractivity contribution in [1.29, 1.82) is 0 Å². The fourth-order valence-corrected chi connectivity index (χ4v) is 3.48. The van der Waals surface area contributed by atoms with Crippen molar-refractivity contribution < 1.29 is 9.59 Å². The Kier molecular flexibility index (Phi) is 5.33. The average Bonchev–Trinajstić information content (AvgIpc) is 2.93. The van der Waals surface area contributed by atoms with Crippen LogP contribution in [0, 0.1) is 12.8 Å². The summed E-state index contributed by atoms with van der Waals surface area (Å²) in [6.45, 7) is 6.44. The molecule has 5 heteroatoms. The number of carbonyl (C=O) groups is 2. The van der Waals surface area contributed by atoms with Crippen LogP contribution in [0.15, 0.2) is 42.5 Å². The molecule has 26 heavy (non-hydrogen) atoms. The molecule has 2 amide bonds. The highest BCUT2D eigenvalue weighted by atomic mass is 35.5. The Bertz CT molecular complexity index is 848. The van der Waals surface area contributed by atoms with Gasteiger partial charge in [-0.3, -0.25) is 9.59 Å². The van der Waals surface area contributed by atoms with Gasteiger partial charge in [-0.25, -0.2) is 0 Å². The van der Waals surface area contributed by atoms with E-state index in [0.29, 0.717) is 29.2 Å². The van der Waals surface area contributed by atoms with Gasteiger partial charge in [-0.15, -0.1) is 0 Å².